The number of carboxylic acids is 1. The molecule has 1 aromatic heterocycles. The summed E-state index contributed by atoms with van der Waals surface area (Å²) in [6.07, 6.45) is 1.71. The fourth-order valence-electron chi connectivity index (χ4n) is 3.85. The molecule has 28 heavy (non-hydrogen) atoms. The second-order valence-corrected chi connectivity index (χ2v) is 17.1. The number of carbonyl (C=O) groups is 1. The van der Waals surface area contributed by atoms with Gasteiger partial charge in [-0.1, -0.05) is 0 Å². The number of aromatic carboxylic acids is 1. The molecule has 0 unspecified atom stereocenters. The zero-order valence-electron chi connectivity index (χ0n) is 15.2. The van der Waals surface area contributed by atoms with E-state index >= 15 is 0 Å². The summed E-state index contributed by atoms with van der Waals surface area (Å²) in [5.41, 5.74) is 0.287. The molecule has 0 aliphatic rings. The molecule has 1 heterocycles. The van der Waals surface area contributed by atoms with E-state index in [1.54, 1.807) is 18.3 Å². The van der Waals surface area contributed by atoms with E-state index in [0.29, 0.717) is 3.71 Å². The van der Waals surface area contributed by atoms with Gasteiger partial charge in [-0.2, -0.15) is 0 Å². The average Bonchev–Trinajstić information content (AvgIpc) is 2.77. The van der Waals surface area contributed by atoms with Crippen LogP contribution in [0.25, 0.3) is 0 Å². The average molecular weight is 472 g/mol. The van der Waals surface area contributed by atoms with Gasteiger partial charge in [-0.3, -0.25) is 0 Å². The Morgan fingerprint density at radius 1 is 0.643 bits per heavy atom. The molecule has 0 spiro atoms. The summed E-state index contributed by atoms with van der Waals surface area (Å²) in [7, 11) is 0. The number of benzene rings is 3. The first-order valence-electron chi connectivity index (χ1n) is 9.10. The topological polar surface area (TPSA) is 50.2 Å². The zero-order valence-corrected chi connectivity index (χ0v) is 18.0. The molecule has 0 saturated heterocycles. The van der Waals surface area contributed by atoms with Gasteiger partial charge in [-0.05, 0) is 0 Å². The van der Waals surface area contributed by atoms with E-state index in [9.17, 15) is 9.90 Å². The number of carboxylic acid groups (broad SMARTS) is 1. The Morgan fingerprint density at radius 2 is 1.07 bits per heavy atom. The van der Waals surface area contributed by atoms with Crippen LogP contribution in [0.3, 0.4) is 0 Å². The number of hydrogen-bond donors (Lipinski definition) is 1. The summed E-state index contributed by atoms with van der Waals surface area (Å²) in [5.74, 6) is -0.938. The van der Waals surface area contributed by atoms with Crippen molar-refractivity contribution in [1.29, 1.82) is 0 Å². The van der Waals surface area contributed by atoms with Gasteiger partial charge in [0.2, 0.25) is 0 Å². The first kappa shape index (κ1) is 18.4. The Balaban J connectivity index is 2.19. The van der Waals surface area contributed by atoms with Gasteiger partial charge in [-0.25, -0.2) is 0 Å². The SMILES string of the molecule is O=C(O)c1cccn[c]1[Sn]([c]1ccccc1)([c]1ccccc1)[c]1ccccc1. The monoisotopic (exact) mass is 473 g/mol. The summed E-state index contributed by atoms with van der Waals surface area (Å²) in [4.78, 5) is 16.9. The molecule has 3 nitrogen and oxygen atoms in total. The Morgan fingerprint density at radius 3 is 1.46 bits per heavy atom. The van der Waals surface area contributed by atoms with E-state index in [0.717, 1.165) is 0 Å². The molecule has 4 rings (SSSR count). The van der Waals surface area contributed by atoms with E-state index in [4.69, 9.17) is 4.98 Å². The van der Waals surface area contributed by atoms with Crippen molar-refractivity contribution in [3.63, 3.8) is 0 Å². The fraction of sp³-hybridized carbons (Fsp3) is 0. The van der Waals surface area contributed by atoms with E-state index in [1.807, 2.05) is 54.6 Å². The van der Waals surface area contributed by atoms with Gasteiger partial charge in [0.1, 0.15) is 0 Å². The number of nitrogens with zero attached hydrogens (tertiary/aromatic N) is 1. The van der Waals surface area contributed by atoms with E-state index in [2.05, 4.69) is 36.4 Å². The van der Waals surface area contributed by atoms with Crippen molar-refractivity contribution in [1.82, 2.24) is 4.98 Å². The molecule has 0 aliphatic heterocycles. The van der Waals surface area contributed by atoms with E-state index in [1.165, 1.54) is 10.7 Å². The summed E-state index contributed by atoms with van der Waals surface area (Å²) in [6.45, 7) is 0. The molecule has 4 heteroatoms. The number of aromatic nitrogens is 1. The summed E-state index contributed by atoms with van der Waals surface area (Å²) in [6, 6.07) is 34.2. The van der Waals surface area contributed by atoms with E-state index < -0.39 is 24.3 Å². The Hall–Kier alpha value is -2.92. The molecule has 0 radical (unpaired) electrons. The van der Waals surface area contributed by atoms with Gasteiger partial charge in [0.15, 0.2) is 0 Å². The van der Waals surface area contributed by atoms with Crippen LogP contribution in [0.5, 0.6) is 0 Å². The van der Waals surface area contributed by atoms with Gasteiger partial charge in [0.05, 0.1) is 0 Å². The second-order valence-electron chi connectivity index (χ2n) is 6.55. The molecule has 0 saturated carbocycles. The van der Waals surface area contributed by atoms with Crippen molar-refractivity contribution >= 4 is 38.8 Å². The maximum absolute atomic E-state index is 12.2. The van der Waals surface area contributed by atoms with Crippen LogP contribution in [-0.2, 0) is 0 Å². The third-order valence-electron chi connectivity index (χ3n) is 5.01. The van der Waals surface area contributed by atoms with Crippen LogP contribution >= 0.6 is 0 Å². The number of pyridine rings is 1. The predicted octanol–water partition coefficient (Wildman–Crippen LogP) is 2.16. The van der Waals surface area contributed by atoms with Gasteiger partial charge in [-0.15, -0.1) is 0 Å². The van der Waals surface area contributed by atoms with Crippen molar-refractivity contribution in [3.8, 4) is 0 Å². The van der Waals surface area contributed by atoms with Crippen molar-refractivity contribution in [2.45, 2.75) is 0 Å². The first-order chi connectivity index (χ1) is 13.7. The quantitative estimate of drug-likeness (QED) is 0.454. The van der Waals surface area contributed by atoms with Gasteiger partial charge < -0.3 is 0 Å². The molecular formula is C24H19NO2Sn. The van der Waals surface area contributed by atoms with Gasteiger partial charge in [0, 0.05) is 0 Å². The minimum absolute atomic E-state index is 0.287. The molecule has 0 bridgehead atoms. The molecule has 0 atom stereocenters. The zero-order chi connectivity index (χ0) is 19.4. The van der Waals surface area contributed by atoms with Crippen molar-refractivity contribution in [3.05, 3.63) is 115 Å². The third kappa shape index (κ3) is 3.12. The molecule has 0 fully saturated rings. The summed E-state index contributed by atoms with van der Waals surface area (Å²) < 4.78 is 4.24. The van der Waals surface area contributed by atoms with Crippen LogP contribution < -0.4 is 14.4 Å². The molecule has 136 valence electrons. The van der Waals surface area contributed by atoms with Crippen LogP contribution in [0.2, 0.25) is 0 Å². The molecule has 0 amide bonds. The maximum atomic E-state index is 12.2. The Labute approximate surface area is 168 Å². The van der Waals surface area contributed by atoms with Crippen LogP contribution in [0.4, 0.5) is 0 Å². The molecule has 3 aromatic carbocycles. The van der Waals surface area contributed by atoms with E-state index in [-0.39, 0.29) is 5.56 Å². The third-order valence-corrected chi connectivity index (χ3v) is 18.4. The Bertz CT molecular complexity index is 986. The fourth-order valence-corrected chi connectivity index (χ4v) is 17.4. The predicted molar refractivity (Wildman–Crippen MR) is 115 cm³/mol. The minimum atomic E-state index is -3.95. The first-order valence-corrected chi connectivity index (χ1v) is 14.8. The summed E-state index contributed by atoms with van der Waals surface area (Å²) >= 11 is -3.95. The van der Waals surface area contributed by atoms with Crippen LogP contribution in [0.15, 0.2) is 109 Å². The van der Waals surface area contributed by atoms with Crippen molar-refractivity contribution in [2.24, 2.45) is 0 Å². The number of hydrogen-bond acceptors (Lipinski definition) is 2. The Kier molecular flexibility index (Phi) is 5.26. The van der Waals surface area contributed by atoms with Gasteiger partial charge in [0.25, 0.3) is 0 Å². The molecular weight excluding hydrogens is 453 g/mol. The van der Waals surface area contributed by atoms with Crippen molar-refractivity contribution < 1.29 is 9.90 Å². The molecule has 4 aromatic rings. The normalized spacial score (nSPS) is 11.1. The van der Waals surface area contributed by atoms with Crippen LogP contribution in [0.1, 0.15) is 10.4 Å². The second kappa shape index (κ2) is 7.98. The number of rotatable bonds is 5. The molecule has 1 N–H and O–H groups in total. The standard InChI is InChI=1S/C6H4NO2.3C6H5.Sn/c8-6(9)5-2-1-3-7-4-5;3*1-2-4-6-5-3-1;/h1-3H,(H,8,9);3*1-5H;. The van der Waals surface area contributed by atoms with Crippen molar-refractivity contribution in [2.75, 3.05) is 0 Å². The van der Waals surface area contributed by atoms with Crippen LogP contribution in [0, 0.1) is 0 Å². The molecule has 0 aliphatic carbocycles. The van der Waals surface area contributed by atoms with Gasteiger partial charge >= 0.3 is 169 Å². The van der Waals surface area contributed by atoms with Crippen LogP contribution in [-0.4, -0.2) is 34.4 Å². The summed E-state index contributed by atoms with van der Waals surface area (Å²) in [5, 5.41) is 9.96.